The van der Waals surface area contributed by atoms with Gasteiger partial charge in [-0.25, -0.2) is 18.1 Å². The molecule has 0 unspecified atom stereocenters. The van der Waals surface area contributed by atoms with Gasteiger partial charge in [-0.05, 0) is 38.4 Å². The van der Waals surface area contributed by atoms with Crippen LogP contribution >= 0.6 is 0 Å². The van der Waals surface area contributed by atoms with Crippen LogP contribution in [0.1, 0.15) is 25.3 Å². The fourth-order valence-corrected chi connectivity index (χ4v) is 3.58. The van der Waals surface area contributed by atoms with Crippen molar-refractivity contribution >= 4 is 10.0 Å². The smallest absolute Gasteiger partial charge is 0.258 e. The normalized spacial score (nSPS) is 18.9. The summed E-state index contributed by atoms with van der Waals surface area (Å²) in [5.41, 5.74) is 0.492. The zero-order valence-corrected chi connectivity index (χ0v) is 12.7. The van der Waals surface area contributed by atoms with E-state index < -0.39 is 15.6 Å². The van der Waals surface area contributed by atoms with E-state index in [0.29, 0.717) is 32.6 Å². The minimum atomic E-state index is -3.59. The first-order valence-corrected chi connectivity index (χ1v) is 8.15. The number of hydrogen-bond acceptors (Lipinski definition) is 5. The van der Waals surface area contributed by atoms with Crippen molar-refractivity contribution in [1.82, 2.24) is 15.0 Å². The zero-order valence-electron chi connectivity index (χ0n) is 11.8. The van der Waals surface area contributed by atoms with Gasteiger partial charge in [0.15, 0.2) is 5.03 Å². The molecule has 0 bridgehead atoms. The molecule has 1 aliphatic rings. The SMILES string of the molecule is CNCc1ccc(S(=O)(=O)NC2(C)CCOCC2)nc1. The van der Waals surface area contributed by atoms with Crippen molar-refractivity contribution in [2.75, 3.05) is 20.3 Å². The van der Waals surface area contributed by atoms with Gasteiger partial charge >= 0.3 is 0 Å². The highest BCUT2D eigenvalue weighted by molar-refractivity contribution is 7.89. The number of pyridine rings is 1. The summed E-state index contributed by atoms with van der Waals surface area (Å²) in [6.45, 7) is 3.72. The molecule has 112 valence electrons. The predicted molar refractivity (Wildman–Crippen MR) is 75.8 cm³/mol. The fraction of sp³-hybridized carbons (Fsp3) is 0.615. The summed E-state index contributed by atoms with van der Waals surface area (Å²) >= 11 is 0. The van der Waals surface area contributed by atoms with Crippen LogP contribution in [0.25, 0.3) is 0 Å². The van der Waals surface area contributed by atoms with Crippen LogP contribution in [0.4, 0.5) is 0 Å². The van der Waals surface area contributed by atoms with Gasteiger partial charge in [0.05, 0.1) is 0 Å². The lowest BCUT2D eigenvalue weighted by Crippen LogP contribution is -2.49. The highest BCUT2D eigenvalue weighted by Crippen LogP contribution is 2.22. The summed E-state index contributed by atoms with van der Waals surface area (Å²) in [6, 6.07) is 3.31. The largest absolute Gasteiger partial charge is 0.381 e. The Bertz CT molecular complexity index is 536. The van der Waals surface area contributed by atoms with Crippen LogP contribution in [0.2, 0.25) is 0 Å². The Hall–Kier alpha value is -1.02. The Morgan fingerprint density at radius 3 is 2.60 bits per heavy atom. The zero-order chi connectivity index (χ0) is 14.6. The van der Waals surface area contributed by atoms with Crippen molar-refractivity contribution in [3.05, 3.63) is 23.9 Å². The van der Waals surface area contributed by atoms with E-state index >= 15 is 0 Å². The molecule has 0 amide bonds. The highest BCUT2D eigenvalue weighted by Gasteiger charge is 2.33. The molecule has 1 aliphatic heterocycles. The van der Waals surface area contributed by atoms with Gasteiger partial charge in [-0.15, -0.1) is 0 Å². The van der Waals surface area contributed by atoms with Crippen LogP contribution in [-0.2, 0) is 21.3 Å². The molecule has 1 saturated heterocycles. The maximum Gasteiger partial charge on any atom is 0.258 e. The highest BCUT2D eigenvalue weighted by atomic mass is 32.2. The van der Waals surface area contributed by atoms with Crippen LogP contribution in [-0.4, -0.2) is 39.2 Å². The monoisotopic (exact) mass is 299 g/mol. The van der Waals surface area contributed by atoms with Crippen LogP contribution in [0.3, 0.4) is 0 Å². The molecule has 0 radical (unpaired) electrons. The van der Waals surface area contributed by atoms with Gasteiger partial charge in [-0.3, -0.25) is 0 Å². The summed E-state index contributed by atoms with van der Waals surface area (Å²) in [5.74, 6) is 0. The van der Waals surface area contributed by atoms with Gasteiger partial charge in [0, 0.05) is 31.5 Å². The predicted octanol–water partition coefficient (Wildman–Crippen LogP) is 0.648. The topological polar surface area (TPSA) is 80.3 Å². The van der Waals surface area contributed by atoms with Crippen molar-refractivity contribution < 1.29 is 13.2 Å². The molecule has 6 nitrogen and oxygen atoms in total. The van der Waals surface area contributed by atoms with Crippen molar-refractivity contribution in [1.29, 1.82) is 0 Å². The lowest BCUT2D eigenvalue weighted by Gasteiger charge is -2.33. The number of nitrogens with one attached hydrogen (secondary N) is 2. The lowest BCUT2D eigenvalue weighted by atomic mass is 9.94. The molecule has 0 atom stereocenters. The molecule has 1 fully saturated rings. The minimum Gasteiger partial charge on any atom is -0.381 e. The number of nitrogens with zero attached hydrogens (tertiary/aromatic N) is 1. The number of aromatic nitrogens is 1. The maximum atomic E-state index is 12.3. The molecule has 1 aromatic heterocycles. The van der Waals surface area contributed by atoms with Crippen molar-refractivity contribution in [3.63, 3.8) is 0 Å². The molecule has 0 aliphatic carbocycles. The van der Waals surface area contributed by atoms with Crippen LogP contribution in [0.15, 0.2) is 23.4 Å². The van der Waals surface area contributed by atoms with E-state index in [1.54, 1.807) is 12.3 Å². The fourth-order valence-electron chi connectivity index (χ4n) is 2.18. The van der Waals surface area contributed by atoms with Crippen LogP contribution in [0, 0.1) is 0 Å². The number of hydrogen-bond donors (Lipinski definition) is 2. The first-order chi connectivity index (χ1) is 9.45. The maximum absolute atomic E-state index is 12.3. The molecular weight excluding hydrogens is 278 g/mol. The van der Waals surface area contributed by atoms with Gasteiger partial charge < -0.3 is 10.1 Å². The molecule has 0 aromatic carbocycles. The van der Waals surface area contributed by atoms with E-state index in [9.17, 15) is 8.42 Å². The summed E-state index contributed by atoms with van der Waals surface area (Å²) < 4.78 is 32.7. The van der Waals surface area contributed by atoms with Crippen LogP contribution < -0.4 is 10.0 Å². The molecule has 7 heteroatoms. The summed E-state index contributed by atoms with van der Waals surface area (Å²) in [6.07, 6.45) is 2.92. The van der Waals surface area contributed by atoms with E-state index in [1.165, 1.54) is 6.07 Å². The third-order valence-corrected chi connectivity index (χ3v) is 4.98. The third kappa shape index (κ3) is 3.76. The van der Waals surface area contributed by atoms with E-state index in [2.05, 4.69) is 15.0 Å². The Morgan fingerprint density at radius 2 is 2.05 bits per heavy atom. The van der Waals surface area contributed by atoms with E-state index in [0.717, 1.165) is 5.56 Å². The second-order valence-corrected chi connectivity index (χ2v) is 6.94. The third-order valence-electron chi connectivity index (χ3n) is 3.43. The molecule has 2 N–H and O–H groups in total. The van der Waals surface area contributed by atoms with Crippen molar-refractivity contribution in [2.24, 2.45) is 0 Å². The van der Waals surface area contributed by atoms with E-state index in [-0.39, 0.29) is 5.03 Å². The standard InChI is InChI=1S/C13H21N3O3S/c1-13(5-7-19-8-6-13)16-20(17,18)12-4-3-11(9-14-2)10-15-12/h3-4,10,14,16H,5-9H2,1-2H3. The first kappa shape index (κ1) is 15.4. The van der Waals surface area contributed by atoms with E-state index in [4.69, 9.17) is 4.74 Å². The van der Waals surface area contributed by atoms with Crippen LogP contribution in [0.5, 0.6) is 0 Å². The summed E-state index contributed by atoms with van der Waals surface area (Å²) in [4.78, 5) is 4.04. The van der Waals surface area contributed by atoms with Gasteiger partial charge in [0.2, 0.25) is 0 Å². The molecular formula is C13H21N3O3S. The Morgan fingerprint density at radius 1 is 1.35 bits per heavy atom. The Labute approximate surface area is 120 Å². The van der Waals surface area contributed by atoms with Gasteiger partial charge in [-0.1, -0.05) is 6.07 Å². The summed E-state index contributed by atoms with van der Waals surface area (Å²) in [5, 5.41) is 3.06. The van der Waals surface area contributed by atoms with Crippen molar-refractivity contribution in [3.8, 4) is 0 Å². The molecule has 1 aromatic rings. The lowest BCUT2D eigenvalue weighted by molar-refractivity contribution is 0.0537. The number of rotatable bonds is 5. The minimum absolute atomic E-state index is 0.0602. The average Bonchev–Trinajstić information content (AvgIpc) is 2.39. The van der Waals surface area contributed by atoms with Gasteiger partial charge in [-0.2, -0.15) is 0 Å². The second-order valence-electron chi connectivity index (χ2n) is 5.31. The number of sulfonamides is 1. The second kappa shape index (κ2) is 6.17. The van der Waals surface area contributed by atoms with Crippen molar-refractivity contribution in [2.45, 2.75) is 36.9 Å². The quantitative estimate of drug-likeness (QED) is 0.834. The molecule has 0 saturated carbocycles. The Kier molecular flexibility index (Phi) is 4.74. The van der Waals surface area contributed by atoms with Gasteiger partial charge in [0.25, 0.3) is 10.0 Å². The molecule has 2 heterocycles. The molecule has 0 spiro atoms. The summed E-state index contributed by atoms with van der Waals surface area (Å²) in [7, 11) is -1.76. The van der Waals surface area contributed by atoms with Gasteiger partial charge in [0.1, 0.15) is 0 Å². The first-order valence-electron chi connectivity index (χ1n) is 6.66. The average molecular weight is 299 g/mol. The Balaban J connectivity index is 2.13. The molecule has 20 heavy (non-hydrogen) atoms. The molecule has 2 rings (SSSR count). The van der Waals surface area contributed by atoms with E-state index in [1.807, 2.05) is 14.0 Å². The number of ether oxygens (including phenoxy) is 1.